The van der Waals surface area contributed by atoms with Crippen molar-refractivity contribution >= 4 is 18.1 Å². The molecule has 0 aromatic rings. The van der Waals surface area contributed by atoms with Crippen molar-refractivity contribution in [1.29, 1.82) is 0 Å². The van der Waals surface area contributed by atoms with Gasteiger partial charge in [0.05, 0.1) is 11.7 Å². The minimum absolute atomic E-state index is 0.236. The zero-order chi connectivity index (χ0) is 12.7. The number of ether oxygens (including phenoxy) is 1. The summed E-state index contributed by atoms with van der Waals surface area (Å²) in [5, 5.41) is 0. The molecule has 0 bridgehead atoms. The maximum absolute atomic E-state index is 6.09. The highest BCUT2D eigenvalue weighted by Gasteiger charge is 2.55. The van der Waals surface area contributed by atoms with E-state index in [0.29, 0.717) is 6.10 Å². The van der Waals surface area contributed by atoms with E-state index in [9.17, 15) is 0 Å². The Morgan fingerprint density at radius 2 is 2.24 bits per heavy atom. The number of rotatable bonds is 5. The molecule has 0 aromatic heterocycles. The first-order chi connectivity index (χ1) is 7.86. The van der Waals surface area contributed by atoms with Crippen molar-refractivity contribution < 1.29 is 8.85 Å². The molecule has 1 aliphatic carbocycles. The van der Waals surface area contributed by atoms with Crippen molar-refractivity contribution in [2.45, 2.75) is 70.5 Å². The third-order valence-electron chi connectivity index (χ3n) is 4.72. The molecule has 0 aromatic carbocycles. The minimum Gasteiger partial charge on any atom is -0.461 e. The summed E-state index contributed by atoms with van der Waals surface area (Å²) in [6, 6.07) is 1.34. The Labute approximate surface area is 110 Å². The first-order valence-corrected chi connectivity index (χ1v) is 12.3. The fraction of sp³-hybridized carbons (Fsp3) is 1.00. The van der Waals surface area contributed by atoms with Crippen molar-refractivity contribution in [3.05, 3.63) is 0 Å². The van der Waals surface area contributed by atoms with Crippen LogP contribution in [0.5, 0.6) is 0 Å². The van der Waals surface area contributed by atoms with E-state index in [2.05, 4.69) is 33.5 Å². The van der Waals surface area contributed by atoms with Crippen molar-refractivity contribution in [3.8, 4) is 0 Å². The lowest BCUT2D eigenvalue weighted by molar-refractivity contribution is 0.271. The highest BCUT2D eigenvalue weighted by molar-refractivity contribution is 6.75. The van der Waals surface area contributed by atoms with Gasteiger partial charge in [0.1, 0.15) is 9.76 Å². The van der Waals surface area contributed by atoms with E-state index in [1.807, 2.05) is 0 Å². The Morgan fingerprint density at radius 3 is 2.82 bits per heavy atom. The number of hydrogen-bond donors (Lipinski definition) is 0. The predicted molar refractivity (Wildman–Crippen MR) is 77.6 cm³/mol. The smallest absolute Gasteiger partial charge is 0.173 e. The summed E-state index contributed by atoms with van der Waals surface area (Å²) in [6.45, 7) is 11.7. The quantitative estimate of drug-likeness (QED) is 0.567. The SMILES string of the molecule is C[SiH2]O[Si](C)(C)CC(C)C1CCC2(C)OC2C1. The molecule has 1 aliphatic heterocycles. The molecule has 1 heterocycles. The topological polar surface area (TPSA) is 21.8 Å². The largest absolute Gasteiger partial charge is 0.461 e. The van der Waals surface area contributed by atoms with E-state index >= 15 is 0 Å². The third-order valence-corrected chi connectivity index (χ3v) is 10.6. The monoisotopic (exact) mass is 272 g/mol. The van der Waals surface area contributed by atoms with Gasteiger partial charge in [0.25, 0.3) is 0 Å². The van der Waals surface area contributed by atoms with Gasteiger partial charge >= 0.3 is 0 Å². The van der Waals surface area contributed by atoms with E-state index in [0.717, 1.165) is 11.8 Å². The first-order valence-electron chi connectivity index (χ1n) is 7.18. The van der Waals surface area contributed by atoms with Crippen LogP contribution in [0.15, 0.2) is 0 Å². The van der Waals surface area contributed by atoms with Crippen LogP contribution in [-0.2, 0) is 8.85 Å². The molecule has 17 heavy (non-hydrogen) atoms. The van der Waals surface area contributed by atoms with Gasteiger partial charge in [-0.15, -0.1) is 0 Å². The Hall–Kier alpha value is 0.354. The number of hydrogen-bond acceptors (Lipinski definition) is 2. The maximum atomic E-state index is 6.09. The second kappa shape index (κ2) is 4.80. The fourth-order valence-electron chi connectivity index (χ4n) is 3.58. The van der Waals surface area contributed by atoms with E-state index in [1.165, 1.54) is 25.3 Å². The number of fused-ring (bicyclic) bond motifs is 1. The molecule has 4 unspecified atom stereocenters. The van der Waals surface area contributed by atoms with Gasteiger partial charge in [-0.3, -0.25) is 0 Å². The molecular weight excluding hydrogens is 244 g/mol. The molecule has 1 saturated carbocycles. The van der Waals surface area contributed by atoms with Gasteiger partial charge in [0, 0.05) is 0 Å². The van der Waals surface area contributed by atoms with Crippen LogP contribution in [0.2, 0.25) is 25.7 Å². The van der Waals surface area contributed by atoms with Crippen LogP contribution >= 0.6 is 0 Å². The van der Waals surface area contributed by atoms with Crippen LogP contribution < -0.4 is 0 Å². The average Bonchev–Trinajstić information content (AvgIpc) is 2.87. The average molecular weight is 273 g/mol. The van der Waals surface area contributed by atoms with Gasteiger partial charge < -0.3 is 8.85 Å². The second-order valence-corrected chi connectivity index (χ2v) is 12.5. The van der Waals surface area contributed by atoms with Crippen LogP contribution in [0.4, 0.5) is 0 Å². The molecule has 0 N–H and O–H groups in total. The first kappa shape index (κ1) is 13.8. The zero-order valence-electron chi connectivity index (χ0n) is 12.1. The molecule has 2 fully saturated rings. The molecule has 2 nitrogen and oxygen atoms in total. The zero-order valence-corrected chi connectivity index (χ0v) is 14.5. The fourth-order valence-corrected chi connectivity index (χ4v) is 9.06. The summed E-state index contributed by atoms with van der Waals surface area (Å²) in [5.41, 5.74) is 0.274. The van der Waals surface area contributed by atoms with Crippen LogP contribution in [0, 0.1) is 11.8 Å². The lowest BCUT2D eigenvalue weighted by Gasteiger charge is -2.33. The molecule has 2 aliphatic rings. The molecule has 100 valence electrons. The van der Waals surface area contributed by atoms with Gasteiger partial charge in [0.2, 0.25) is 0 Å². The van der Waals surface area contributed by atoms with E-state index in [1.54, 1.807) is 0 Å². The molecular formula is C13H28O2Si2. The van der Waals surface area contributed by atoms with Gasteiger partial charge in [0.15, 0.2) is 8.32 Å². The summed E-state index contributed by atoms with van der Waals surface area (Å²) < 4.78 is 11.9. The summed E-state index contributed by atoms with van der Waals surface area (Å²) in [7, 11) is -1.59. The lowest BCUT2D eigenvalue weighted by Crippen LogP contribution is -2.36. The highest BCUT2D eigenvalue weighted by Crippen LogP contribution is 2.51. The van der Waals surface area contributed by atoms with Gasteiger partial charge in [-0.2, -0.15) is 0 Å². The molecule has 4 heteroatoms. The molecule has 2 rings (SSSR count). The van der Waals surface area contributed by atoms with E-state index < -0.39 is 8.32 Å². The van der Waals surface area contributed by atoms with E-state index in [4.69, 9.17) is 8.85 Å². The molecule has 0 spiro atoms. The molecule has 0 radical (unpaired) electrons. The Kier molecular flexibility index (Phi) is 3.89. The minimum atomic E-state index is -1.36. The Bertz CT molecular complexity index is 283. The van der Waals surface area contributed by atoms with Crippen LogP contribution in [-0.4, -0.2) is 29.8 Å². The maximum Gasteiger partial charge on any atom is 0.173 e. The standard InChI is InChI=1S/C13H28O2Si2/c1-10(9-17(4,5)15-16-3)11-6-7-13(2)12(8-11)14-13/h10-12H,6-9,16H2,1-5H3. The van der Waals surface area contributed by atoms with Gasteiger partial charge in [-0.05, 0) is 57.2 Å². The summed E-state index contributed by atoms with van der Waals surface area (Å²) in [6.07, 6.45) is 4.52. The molecule has 1 saturated heterocycles. The van der Waals surface area contributed by atoms with Gasteiger partial charge in [-0.1, -0.05) is 13.5 Å². The van der Waals surface area contributed by atoms with Crippen molar-refractivity contribution in [2.75, 3.05) is 0 Å². The predicted octanol–water partition coefficient (Wildman–Crippen LogP) is 2.93. The van der Waals surface area contributed by atoms with Gasteiger partial charge in [-0.25, -0.2) is 0 Å². The summed E-state index contributed by atoms with van der Waals surface area (Å²) >= 11 is 0. The summed E-state index contributed by atoms with van der Waals surface area (Å²) in [5.74, 6) is 1.70. The van der Waals surface area contributed by atoms with Crippen molar-refractivity contribution in [3.63, 3.8) is 0 Å². The highest BCUT2D eigenvalue weighted by atomic mass is 28.4. The van der Waals surface area contributed by atoms with Crippen molar-refractivity contribution in [1.82, 2.24) is 0 Å². The molecule has 4 atom stereocenters. The Morgan fingerprint density at radius 1 is 1.53 bits per heavy atom. The summed E-state index contributed by atoms with van der Waals surface area (Å²) in [4.78, 5) is 0. The third kappa shape index (κ3) is 3.22. The van der Waals surface area contributed by atoms with Crippen molar-refractivity contribution in [2.24, 2.45) is 11.8 Å². The molecule has 0 amide bonds. The van der Waals surface area contributed by atoms with Crippen LogP contribution in [0.25, 0.3) is 0 Å². The number of epoxide rings is 1. The normalized spacial score (nSPS) is 39.4. The van der Waals surface area contributed by atoms with Crippen LogP contribution in [0.1, 0.15) is 33.1 Å². The Balaban J connectivity index is 1.82. The second-order valence-electron chi connectivity index (χ2n) is 6.83. The lowest BCUT2D eigenvalue weighted by atomic mass is 9.77. The van der Waals surface area contributed by atoms with Crippen LogP contribution in [0.3, 0.4) is 0 Å². The van der Waals surface area contributed by atoms with E-state index in [-0.39, 0.29) is 15.4 Å².